The van der Waals surface area contributed by atoms with Crippen molar-refractivity contribution in [3.05, 3.63) is 27.9 Å². The minimum Gasteiger partial charge on any atom is -0.297 e. The molecule has 2 rings (SSSR count). The summed E-state index contributed by atoms with van der Waals surface area (Å²) in [5, 5.41) is 4.72. The van der Waals surface area contributed by atoms with Gasteiger partial charge in [0.15, 0.2) is 6.29 Å². The molecule has 0 aliphatic heterocycles. The molecule has 0 bridgehead atoms. The van der Waals surface area contributed by atoms with E-state index in [2.05, 4.69) is 4.98 Å². The monoisotopic (exact) mass is 195 g/mol. The Morgan fingerprint density at radius 1 is 1.33 bits per heavy atom. The van der Waals surface area contributed by atoms with Crippen LogP contribution in [0.2, 0.25) is 0 Å². The van der Waals surface area contributed by atoms with Gasteiger partial charge in [-0.05, 0) is 11.4 Å². The van der Waals surface area contributed by atoms with Gasteiger partial charge in [-0.3, -0.25) is 4.79 Å². The number of thiazole rings is 1. The molecule has 4 heteroatoms. The molecule has 2 aromatic rings. The Hall–Kier alpha value is -1.000. The third-order valence-corrected chi connectivity index (χ3v) is 3.11. The van der Waals surface area contributed by atoms with Crippen molar-refractivity contribution in [2.75, 3.05) is 0 Å². The van der Waals surface area contributed by atoms with Gasteiger partial charge in [0.1, 0.15) is 5.01 Å². The van der Waals surface area contributed by atoms with Gasteiger partial charge in [-0.15, -0.1) is 22.7 Å². The molecule has 2 nitrogen and oxygen atoms in total. The van der Waals surface area contributed by atoms with Crippen LogP contribution >= 0.6 is 22.7 Å². The first-order valence-electron chi connectivity index (χ1n) is 3.34. The van der Waals surface area contributed by atoms with Crippen molar-refractivity contribution in [2.24, 2.45) is 0 Å². The molecule has 0 amide bonds. The van der Waals surface area contributed by atoms with E-state index < -0.39 is 0 Å². The standard InChI is InChI=1S/C8H5NOS2/c10-5-7-6(1-3-11-7)8-9-2-4-12-8/h1-5H. The molecule has 0 saturated carbocycles. The molecule has 0 aromatic carbocycles. The van der Waals surface area contributed by atoms with Crippen molar-refractivity contribution in [2.45, 2.75) is 0 Å². The van der Waals surface area contributed by atoms with Crippen LogP contribution in [-0.2, 0) is 0 Å². The van der Waals surface area contributed by atoms with Gasteiger partial charge in [0.05, 0.1) is 4.88 Å². The van der Waals surface area contributed by atoms with Crippen LogP contribution in [-0.4, -0.2) is 11.3 Å². The van der Waals surface area contributed by atoms with Gasteiger partial charge < -0.3 is 0 Å². The molecule has 0 aliphatic rings. The van der Waals surface area contributed by atoms with Crippen LogP contribution in [0.4, 0.5) is 0 Å². The molecule has 12 heavy (non-hydrogen) atoms. The van der Waals surface area contributed by atoms with E-state index in [9.17, 15) is 4.79 Å². The summed E-state index contributed by atoms with van der Waals surface area (Å²) in [7, 11) is 0. The van der Waals surface area contributed by atoms with E-state index in [1.165, 1.54) is 11.3 Å². The summed E-state index contributed by atoms with van der Waals surface area (Å²) >= 11 is 2.99. The average molecular weight is 195 g/mol. The molecule has 2 heterocycles. The van der Waals surface area contributed by atoms with Crippen LogP contribution in [0.1, 0.15) is 9.67 Å². The van der Waals surface area contributed by atoms with Gasteiger partial charge in [0.25, 0.3) is 0 Å². The molecule has 2 aromatic heterocycles. The first kappa shape index (κ1) is 7.64. The van der Waals surface area contributed by atoms with E-state index in [1.54, 1.807) is 17.5 Å². The van der Waals surface area contributed by atoms with E-state index >= 15 is 0 Å². The molecular weight excluding hydrogens is 190 g/mol. The first-order valence-corrected chi connectivity index (χ1v) is 5.10. The van der Waals surface area contributed by atoms with Crippen molar-refractivity contribution in [3.8, 4) is 10.6 Å². The minimum absolute atomic E-state index is 0.755. The SMILES string of the molecule is O=Cc1sccc1-c1nccs1. The van der Waals surface area contributed by atoms with Gasteiger partial charge in [0.2, 0.25) is 0 Å². The fourth-order valence-corrected chi connectivity index (χ4v) is 2.39. The molecule has 0 N–H and O–H groups in total. The molecule has 0 fully saturated rings. The zero-order valence-corrected chi connectivity index (χ0v) is 7.69. The summed E-state index contributed by atoms with van der Waals surface area (Å²) in [5.41, 5.74) is 0.949. The lowest BCUT2D eigenvalue weighted by molar-refractivity contribution is 0.112. The van der Waals surface area contributed by atoms with Gasteiger partial charge >= 0.3 is 0 Å². The summed E-state index contributed by atoms with van der Waals surface area (Å²) in [6.45, 7) is 0. The lowest BCUT2D eigenvalue weighted by Crippen LogP contribution is -1.77. The molecule has 60 valence electrons. The number of nitrogens with zero attached hydrogens (tertiary/aromatic N) is 1. The van der Waals surface area contributed by atoms with E-state index in [-0.39, 0.29) is 0 Å². The Morgan fingerprint density at radius 2 is 2.25 bits per heavy atom. The molecule has 0 radical (unpaired) electrons. The maximum Gasteiger partial charge on any atom is 0.160 e. The van der Waals surface area contributed by atoms with E-state index in [0.29, 0.717) is 0 Å². The highest BCUT2D eigenvalue weighted by atomic mass is 32.1. The summed E-state index contributed by atoms with van der Waals surface area (Å²) in [6, 6.07) is 1.92. The van der Waals surface area contributed by atoms with Crippen LogP contribution in [0.3, 0.4) is 0 Å². The van der Waals surface area contributed by atoms with Crippen molar-refractivity contribution >= 4 is 29.0 Å². The Morgan fingerprint density at radius 3 is 2.92 bits per heavy atom. The minimum atomic E-state index is 0.755. The Kier molecular flexibility index (Phi) is 2.01. The lowest BCUT2D eigenvalue weighted by Gasteiger charge is -1.89. The zero-order chi connectivity index (χ0) is 8.39. The number of aromatic nitrogens is 1. The number of carbonyl (C=O) groups excluding carboxylic acids is 1. The second-order valence-corrected chi connectivity index (χ2v) is 4.00. The number of carbonyl (C=O) groups is 1. The van der Waals surface area contributed by atoms with Crippen LogP contribution in [0, 0.1) is 0 Å². The predicted molar refractivity (Wildman–Crippen MR) is 50.8 cm³/mol. The summed E-state index contributed by atoms with van der Waals surface area (Å²) < 4.78 is 0. The lowest BCUT2D eigenvalue weighted by atomic mass is 10.3. The molecule has 0 saturated heterocycles. The maximum atomic E-state index is 10.6. The number of hydrogen-bond acceptors (Lipinski definition) is 4. The van der Waals surface area contributed by atoms with E-state index in [1.807, 2.05) is 16.8 Å². The average Bonchev–Trinajstić information content (AvgIpc) is 2.74. The Bertz CT molecular complexity index is 377. The number of rotatable bonds is 2. The zero-order valence-electron chi connectivity index (χ0n) is 6.06. The number of hydrogen-bond donors (Lipinski definition) is 0. The maximum absolute atomic E-state index is 10.6. The topological polar surface area (TPSA) is 30.0 Å². The van der Waals surface area contributed by atoms with Crippen molar-refractivity contribution in [1.82, 2.24) is 4.98 Å². The second-order valence-electron chi connectivity index (χ2n) is 2.15. The summed E-state index contributed by atoms with van der Waals surface area (Å²) in [4.78, 5) is 15.5. The second kappa shape index (κ2) is 3.16. The third-order valence-electron chi connectivity index (χ3n) is 1.46. The van der Waals surface area contributed by atoms with Crippen LogP contribution < -0.4 is 0 Å². The smallest absolute Gasteiger partial charge is 0.160 e. The first-order chi connectivity index (χ1) is 5.92. The van der Waals surface area contributed by atoms with Gasteiger partial charge in [-0.25, -0.2) is 4.98 Å². The third kappa shape index (κ3) is 1.19. The Labute approximate surface area is 77.5 Å². The highest BCUT2D eigenvalue weighted by Crippen LogP contribution is 2.28. The molecular formula is C8H5NOS2. The highest BCUT2D eigenvalue weighted by Gasteiger charge is 2.06. The van der Waals surface area contributed by atoms with Crippen LogP contribution in [0.25, 0.3) is 10.6 Å². The largest absolute Gasteiger partial charge is 0.297 e. The highest BCUT2D eigenvalue weighted by molar-refractivity contribution is 7.15. The van der Waals surface area contributed by atoms with E-state index in [4.69, 9.17) is 0 Å². The van der Waals surface area contributed by atoms with Gasteiger partial charge in [-0.1, -0.05) is 0 Å². The number of aldehydes is 1. The van der Waals surface area contributed by atoms with Crippen molar-refractivity contribution < 1.29 is 4.79 Å². The van der Waals surface area contributed by atoms with Gasteiger partial charge in [-0.2, -0.15) is 0 Å². The predicted octanol–water partition coefficient (Wildman–Crippen LogP) is 2.68. The normalized spacial score (nSPS) is 10.0. The van der Waals surface area contributed by atoms with Crippen molar-refractivity contribution in [1.29, 1.82) is 0 Å². The molecule has 0 unspecified atom stereocenters. The van der Waals surface area contributed by atoms with E-state index in [0.717, 1.165) is 21.7 Å². The van der Waals surface area contributed by atoms with Crippen molar-refractivity contribution in [3.63, 3.8) is 0 Å². The quantitative estimate of drug-likeness (QED) is 0.689. The molecule has 0 aliphatic carbocycles. The Balaban J connectivity index is 2.53. The fourth-order valence-electron chi connectivity index (χ4n) is 0.945. The van der Waals surface area contributed by atoms with Gasteiger partial charge in [0, 0.05) is 17.1 Å². The van der Waals surface area contributed by atoms with Crippen LogP contribution in [0.15, 0.2) is 23.0 Å². The summed E-state index contributed by atoms with van der Waals surface area (Å²) in [5.74, 6) is 0. The fraction of sp³-hybridized carbons (Fsp3) is 0. The molecule has 0 spiro atoms. The number of thiophene rings is 1. The van der Waals surface area contributed by atoms with Crippen LogP contribution in [0.5, 0.6) is 0 Å². The summed E-state index contributed by atoms with van der Waals surface area (Å²) in [6.07, 6.45) is 2.62. The molecule has 0 atom stereocenters.